The van der Waals surface area contributed by atoms with Gasteiger partial charge in [0.25, 0.3) is 6.29 Å². The minimum Gasteiger partial charge on any atom is -0.477 e. The van der Waals surface area contributed by atoms with Crippen molar-refractivity contribution in [3.8, 4) is 0 Å². The third-order valence-electron chi connectivity index (χ3n) is 14.4. The monoisotopic (exact) mass is 1180 g/mol. The van der Waals surface area contributed by atoms with Crippen LogP contribution in [-0.2, 0) is 33.3 Å². The van der Waals surface area contributed by atoms with Gasteiger partial charge in [0.05, 0.1) is 34.4 Å². The molecule has 0 aromatic carbocycles. The average Bonchev–Trinajstić information content (AvgIpc) is 3.49. The van der Waals surface area contributed by atoms with E-state index in [2.05, 4.69) is 148 Å². The van der Waals surface area contributed by atoms with Gasteiger partial charge in [-0.05, 0) is 109 Å². The summed E-state index contributed by atoms with van der Waals surface area (Å²) in [5.41, 5.74) is 0. The molecule has 0 saturated carbocycles. The molecule has 2 unspecified atom stereocenters. The first-order chi connectivity index (χ1) is 41.6. The van der Waals surface area contributed by atoms with Crippen LogP contribution in [0.2, 0.25) is 0 Å². The lowest BCUT2D eigenvalue weighted by atomic mass is 10.0. The fraction of sp³-hybridized carbons (Fsp3) is 0.671. The van der Waals surface area contributed by atoms with Gasteiger partial charge in [-0.15, -0.1) is 0 Å². The van der Waals surface area contributed by atoms with Crippen LogP contribution in [0.25, 0.3) is 0 Å². The van der Waals surface area contributed by atoms with Gasteiger partial charge in [-0.3, -0.25) is 9.59 Å². The van der Waals surface area contributed by atoms with Crippen LogP contribution < -0.4 is 0 Å². The number of esters is 2. The van der Waals surface area contributed by atoms with Crippen molar-refractivity contribution in [1.29, 1.82) is 0 Å². The molecule has 484 valence electrons. The maximum absolute atomic E-state index is 12.9. The summed E-state index contributed by atoms with van der Waals surface area (Å²) in [7, 11) is 5.96. The SMILES string of the molecule is CC/C=C\C/C=C\C/C=C\C/C=C\C/C=C\C/C=C\CCCCCCCCCCCCCCCCCCCCCCC(=O)OC(COC(=O)CCCCCCC/C=C\C/C=C\C/C=C\C/C=C\C/C=C\CC)COC(OCC[N+](C)(C)C)C(=O)O. The molecular weight excluding hydrogens is 1050 g/mol. The third kappa shape index (κ3) is 66.8. The molecule has 0 spiro atoms. The standard InChI is InChI=1S/C76H127NO8/c1-6-8-10-12-14-16-18-20-22-24-26-28-29-30-31-32-33-34-35-36-37-38-39-40-41-42-43-44-45-47-49-51-53-55-57-59-61-63-65-67-74(79)85-72(71-84-76(75(80)81)82-69-68-77(3,4)5)70-83-73(78)66-64-62-60-58-56-54-52-50-48-46-27-25-23-21-19-17-15-13-11-9-7-2/h8-11,14-17,20-23,26-28,30-31,33-34,46,50,52,72,76H,6-7,12-13,18-19,24-25,29,32,35-45,47-49,51,53-71H2,1-5H3/p+1/b10-8-,11-9-,16-14-,17-15-,22-20-,23-21-,28-26-,31-30-,34-33-,46-27-,52-50-. The van der Waals surface area contributed by atoms with Crippen LogP contribution in [0, 0.1) is 0 Å². The predicted molar refractivity (Wildman–Crippen MR) is 364 cm³/mol. The predicted octanol–water partition coefficient (Wildman–Crippen LogP) is 21.4. The topological polar surface area (TPSA) is 108 Å². The Morgan fingerprint density at radius 3 is 0.941 bits per heavy atom. The second-order valence-corrected chi connectivity index (χ2v) is 23.7. The summed E-state index contributed by atoms with van der Waals surface area (Å²) in [5.74, 6) is -2.03. The summed E-state index contributed by atoms with van der Waals surface area (Å²) in [6, 6.07) is 0. The lowest BCUT2D eigenvalue weighted by Gasteiger charge is -2.25. The summed E-state index contributed by atoms with van der Waals surface area (Å²) in [5, 5.41) is 9.74. The quantitative estimate of drug-likeness (QED) is 0.0211. The molecule has 0 aliphatic carbocycles. The molecule has 2 atom stereocenters. The van der Waals surface area contributed by atoms with Crippen LogP contribution in [0.15, 0.2) is 134 Å². The number of carbonyl (C=O) groups excluding carboxylic acids is 2. The molecule has 0 aromatic rings. The van der Waals surface area contributed by atoms with Gasteiger partial charge in [0.1, 0.15) is 13.2 Å². The van der Waals surface area contributed by atoms with Crippen LogP contribution >= 0.6 is 0 Å². The Kier molecular flexibility index (Phi) is 61.9. The number of carboxylic acids is 1. The molecule has 0 heterocycles. The van der Waals surface area contributed by atoms with E-state index < -0.39 is 24.3 Å². The average molecular weight is 1180 g/mol. The van der Waals surface area contributed by atoms with Crippen molar-refractivity contribution in [3.05, 3.63) is 134 Å². The van der Waals surface area contributed by atoms with E-state index in [1.807, 2.05) is 21.1 Å². The van der Waals surface area contributed by atoms with Crippen molar-refractivity contribution in [3.63, 3.8) is 0 Å². The van der Waals surface area contributed by atoms with Gasteiger partial charge in [-0.25, -0.2) is 4.79 Å². The van der Waals surface area contributed by atoms with Crippen LogP contribution in [0.5, 0.6) is 0 Å². The number of carboxylic acid groups (broad SMARTS) is 1. The number of carbonyl (C=O) groups is 3. The highest BCUT2D eigenvalue weighted by Gasteiger charge is 2.25. The van der Waals surface area contributed by atoms with E-state index in [4.69, 9.17) is 18.9 Å². The Labute approximate surface area is 522 Å². The highest BCUT2D eigenvalue weighted by Crippen LogP contribution is 2.17. The first-order valence-corrected chi connectivity index (χ1v) is 34.3. The Bertz CT molecular complexity index is 1860. The molecule has 0 aliphatic heterocycles. The van der Waals surface area contributed by atoms with Crippen molar-refractivity contribution < 1.29 is 42.9 Å². The van der Waals surface area contributed by atoms with E-state index in [1.165, 1.54) is 116 Å². The van der Waals surface area contributed by atoms with Crippen molar-refractivity contribution in [2.24, 2.45) is 0 Å². The molecule has 0 bridgehead atoms. The Morgan fingerprint density at radius 2 is 0.635 bits per heavy atom. The molecule has 85 heavy (non-hydrogen) atoms. The fourth-order valence-corrected chi connectivity index (χ4v) is 9.22. The third-order valence-corrected chi connectivity index (χ3v) is 14.4. The number of ether oxygens (including phenoxy) is 4. The first-order valence-electron chi connectivity index (χ1n) is 34.3. The van der Waals surface area contributed by atoms with Crippen molar-refractivity contribution >= 4 is 17.9 Å². The molecule has 1 N–H and O–H groups in total. The molecule has 0 saturated heterocycles. The van der Waals surface area contributed by atoms with E-state index in [9.17, 15) is 19.5 Å². The van der Waals surface area contributed by atoms with Gasteiger partial charge < -0.3 is 28.5 Å². The van der Waals surface area contributed by atoms with Gasteiger partial charge in [0.2, 0.25) is 0 Å². The zero-order valence-corrected chi connectivity index (χ0v) is 55.2. The summed E-state index contributed by atoms with van der Waals surface area (Å²) in [6.07, 6.45) is 91.4. The van der Waals surface area contributed by atoms with Crippen LogP contribution in [0.4, 0.5) is 0 Å². The van der Waals surface area contributed by atoms with Gasteiger partial charge in [-0.2, -0.15) is 0 Å². The largest absolute Gasteiger partial charge is 0.477 e. The van der Waals surface area contributed by atoms with Gasteiger partial charge >= 0.3 is 17.9 Å². The normalized spacial score (nSPS) is 13.6. The van der Waals surface area contributed by atoms with E-state index in [0.717, 1.165) is 122 Å². The summed E-state index contributed by atoms with van der Waals surface area (Å²) in [6.45, 7) is 4.63. The van der Waals surface area contributed by atoms with Crippen molar-refractivity contribution in [2.75, 3.05) is 47.5 Å². The van der Waals surface area contributed by atoms with Gasteiger partial charge in [0.15, 0.2) is 6.10 Å². The van der Waals surface area contributed by atoms with E-state index in [1.54, 1.807) is 0 Å². The highest BCUT2D eigenvalue weighted by molar-refractivity contribution is 5.71. The summed E-state index contributed by atoms with van der Waals surface area (Å²) < 4.78 is 22.9. The summed E-state index contributed by atoms with van der Waals surface area (Å²) in [4.78, 5) is 37.6. The van der Waals surface area contributed by atoms with Crippen LogP contribution in [0.3, 0.4) is 0 Å². The Morgan fingerprint density at radius 1 is 0.353 bits per heavy atom. The maximum Gasteiger partial charge on any atom is 0.361 e. The molecule has 0 aromatic heterocycles. The molecule has 0 aliphatic rings. The highest BCUT2D eigenvalue weighted by atomic mass is 16.7. The molecule has 0 radical (unpaired) electrons. The van der Waals surface area contributed by atoms with Crippen molar-refractivity contribution in [2.45, 2.75) is 283 Å². The zero-order valence-electron chi connectivity index (χ0n) is 55.2. The number of quaternary nitrogens is 1. The molecular formula is C76H128NO8+. The zero-order chi connectivity index (χ0) is 61.9. The number of hydrogen-bond acceptors (Lipinski definition) is 7. The molecule has 9 nitrogen and oxygen atoms in total. The Balaban J connectivity index is 4.08. The van der Waals surface area contributed by atoms with Gasteiger partial charge in [0, 0.05) is 12.8 Å². The number of hydrogen-bond donors (Lipinski definition) is 1. The molecule has 0 amide bonds. The summed E-state index contributed by atoms with van der Waals surface area (Å²) >= 11 is 0. The number of unbranched alkanes of at least 4 members (excludes halogenated alkanes) is 25. The van der Waals surface area contributed by atoms with Crippen LogP contribution in [-0.4, -0.2) is 87.4 Å². The molecule has 9 heteroatoms. The second kappa shape index (κ2) is 65.4. The molecule has 0 rings (SSSR count). The Hall–Kier alpha value is -4.57. The van der Waals surface area contributed by atoms with E-state index in [0.29, 0.717) is 17.4 Å². The maximum atomic E-state index is 12.9. The lowest BCUT2D eigenvalue weighted by molar-refractivity contribution is -0.870. The van der Waals surface area contributed by atoms with Gasteiger partial charge in [-0.1, -0.05) is 282 Å². The number of allylic oxidation sites excluding steroid dienone is 22. The van der Waals surface area contributed by atoms with Crippen molar-refractivity contribution in [1.82, 2.24) is 0 Å². The second-order valence-electron chi connectivity index (χ2n) is 23.7. The molecule has 0 fully saturated rings. The number of likely N-dealkylation sites (N-methyl/N-ethyl adjacent to an activating group) is 1. The first kappa shape index (κ1) is 80.4. The number of aliphatic carboxylic acids is 1. The number of nitrogens with zero attached hydrogens (tertiary/aromatic N) is 1. The van der Waals surface area contributed by atoms with E-state index in [-0.39, 0.29) is 38.6 Å². The smallest absolute Gasteiger partial charge is 0.361 e. The number of rotatable bonds is 62. The minimum absolute atomic E-state index is 0.179. The fourth-order valence-electron chi connectivity index (χ4n) is 9.22. The van der Waals surface area contributed by atoms with Crippen LogP contribution in [0.1, 0.15) is 271 Å². The minimum atomic E-state index is -1.52. The van der Waals surface area contributed by atoms with E-state index >= 15 is 0 Å². The lowest BCUT2D eigenvalue weighted by Crippen LogP contribution is -2.40.